The molecule has 0 fully saturated rings. The number of benzene rings is 2. The van der Waals surface area contributed by atoms with E-state index in [1.807, 2.05) is 43.3 Å². The maximum absolute atomic E-state index is 12.0. The Labute approximate surface area is 168 Å². The van der Waals surface area contributed by atoms with Crippen LogP contribution in [-0.2, 0) is 17.8 Å². The summed E-state index contributed by atoms with van der Waals surface area (Å²) in [6.07, 6.45) is 0.810. The molecular weight excluding hydrogens is 374 g/mol. The number of carbonyl (C=O) groups excluding carboxylic acids is 1. The fourth-order valence-corrected chi connectivity index (χ4v) is 3.22. The van der Waals surface area contributed by atoms with Crippen LogP contribution in [-0.4, -0.2) is 28.4 Å². The number of carbonyl (C=O) groups is 1. The molecule has 6 nitrogen and oxygen atoms in total. The summed E-state index contributed by atoms with van der Waals surface area (Å²) >= 11 is 1.22. The summed E-state index contributed by atoms with van der Waals surface area (Å²) in [7, 11) is 0. The summed E-state index contributed by atoms with van der Waals surface area (Å²) in [5, 5.41) is 11.2. The molecule has 7 heteroatoms. The summed E-state index contributed by atoms with van der Waals surface area (Å²) in [6, 6.07) is 15.9. The predicted molar refractivity (Wildman–Crippen MR) is 108 cm³/mol. The Morgan fingerprint density at radius 2 is 2.00 bits per heavy atom. The van der Waals surface area contributed by atoms with E-state index < -0.39 is 0 Å². The molecule has 2 aromatic carbocycles. The second-order valence-electron chi connectivity index (χ2n) is 6.38. The van der Waals surface area contributed by atoms with Gasteiger partial charge in [-0.15, -0.1) is 10.2 Å². The standard InChI is InChI=1S/C21H23N3O3S/c1-15-6-5-9-18(12-15)26-13-20-23-24-21(27-20)28-14-19(25)22-11-10-17-8-4-3-7-16(17)2/h3-9,12H,10-11,13-14H2,1-2H3,(H,22,25). The molecule has 0 unspecified atom stereocenters. The molecule has 1 aromatic heterocycles. The average Bonchev–Trinajstić information content (AvgIpc) is 3.14. The molecule has 28 heavy (non-hydrogen) atoms. The van der Waals surface area contributed by atoms with Gasteiger partial charge in [0.05, 0.1) is 5.75 Å². The number of hydrogen-bond acceptors (Lipinski definition) is 6. The molecule has 0 atom stereocenters. The summed E-state index contributed by atoms with van der Waals surface area (Å²) in [5.74, 6) is 1.30. The summed E-state index contributed by atoms with van der Waals surface area (Å²) in [6.45, 7) is 4.87. The largest absolute Gasteiger partial charge is 0.484 e. The van der Waals surface area contributed by atoms with E-state index in [1.54, 1.807) is 0 Å². The van der Waals surface area contributed by atoms with E-state index in [0.29, 0.717) is 17.7 Å². The molecule has 0 saturated heterocycles. The Morgan fingerprint density at radius 3 is 2.82 bits per heavy atom. The van der Waals surface area contributed by atoms with Gasteiger partial charge in [0, 0.05) is 6.54 Å². The number of aryl methyl sites for hydroxylation is 2. The van der Waals surface area contributed by atoms with Crippen molar-refractivity contribution < 1.29 is 13.9 Å². The van der Waals surface area contributed by atoms with Crippen LogP contribution in [0.2, 0.25) is 0 Å². The Hall–Kier alpha value is -2.80. The maximum atomic E-state index is 12.0. The molecule has 0 spiro atoms. The van der Waals surface area contributed by atoms with Crippen molar-refractivity contribution in [1.82, 2.24) is 15.5 Å². The normalized spacial score (nSPS) is 10.6. The number of nitrogens with zero attached hydrogens (tertiary/aromatic N) is 2. The van der Waals surface area contributed by atoms with Gasteiger partial charge in [-0.25, -0.2) is 0 Å². The number of hydrogen-bond donors (Lipinski definition) is 1. The average molecular weight is 398 g/mol. The van der Waals surface area contributed by atoms with Crippen LogP contribution in [0.4, 0.5) is 0 Å². The molecule has 3 aromatic rings. The van der Waals surface area contributed by atoms with Crippen LogP contribution in [0.15, 0.2) is 58.2 Å². The molecule has 0 bridgehead atoms. The zero-order valence-electron chi connectivity index (χ0n) is 16.0. The Balaban J connectivity index is 1.37. The number of nitrogens with one attached hydrogen (secondary N) is 1. The molecule has 0 aliphatic carbocycles. The van der Waals surface area contributed by atoms with E-state index in [0.717, 1.165) is 17.7 Å². The first-order valence-electron chi connectivity index (χ1n) is 9.06. The first kappa shape index (κ1) is 19.9. The molecular formula is C21H23N3O3S. The van der Waals surface area contributed by atoms with Gasteiger partial charge < -0.3 is 14.5 Å². The fourth-order valence-electron chi connectivity index (χ4n) is 2.61. The topological polar surface area (TPSA) is 77.2 Å². The first-order valence-corrected chi connectivity index (χ1v) is 10.0. The van der Waals surface area contributed by atoms with Crippen molar-refractivity contribution in [1.29, 1.82) is 0 Å². The van der Waals surface area contributed by atoms with Gasteiger partial charge in [-0.05, 0) is 49.1 Å². The van der Waals surface area contributed by atoms with Gasteiger partial charge in [0.1, 0.15) is 5.75 Å². The Bertz CT molecular complexity index is 927. The van der Waals surface area contributed by atoms with Gasteiger partial charge in [0.15, 0.2) is 6.61 Å². The SMILES string of the molecule is Cc1cccc(OCc2nnc(SCC(=O)NCCc3ccccc3C)o2)c1. The van der Waals surface area contributed by atoms with Gasteiger partial charge in [-0.1, -0.05) is 48.2 Å². The minimum Gasteiger partial charge on any atom is -0.484 e. The minimum atomic E-state index is -0.0608. The smallest absolute Gasteiger partial charge is 0.277 e. The van der Waals surface area contributed by atoms with Crippen molar-refractivity contribution >= 4 is 17.7 Å². The van der Waals surface area contributed by atoms with Gasteiger partial charge >= 0.3 is 0 Å². The maximum Gasteiger partial charge on any atom is 0.277 e. The Kier molecular flexibility index (Phi) is 7.08. The van der Waals surface area contributed by atoms with E-state index in [4.69, 9.17) is 9.15 Å². The lowest BCUT2D eigenvalue weighted by atomic mass is 10.1. The van der Waals surface area contributed by atoms with E-state index in [-0.39, 0.29) is 18.3 Å². The molecule has 0 aliphatic heterocycles. The second kappa shape index (κ2) is 9.94. The van der Waals surface area contributed by atoms with Crippen LogP contribution in [0.1, 0.15) is 22.6 Å². The van der Waals surface area contributed by atoms with Crippen LogP contribution in [0.25, 0.3) is 0 Å². The molecule has 0 radical (unpaired) electrons. The van der Waals surface area contributed by atoms with E-state index in [2.05, 4.69) is 34.6 Å². The third-order valence-corrected chi connectivity index (χ3v) is 4.92. The molecule has 146 valence electrons. The zero-order valence-corrected chi connectivity index (χ0v) is 16.8. The van der Waals surface area contributed by atoms with Crippen LogP contribution >= 0.6 is 11.8 Å². The summed E-state index contributed by atoms with van der Waals surface area (Å²) in [4.78, 5) is 12.0. The first-order chi connectivity index (χ1) is 13.6. The molecule has 0 saturated carbocycles. The van der Waals surface area contributed by atoms with Crippen molar-refractivity contribution in [2.45, 2.75) is 32.1 Å². The monoisotopic (exact) mass is 397 g/mol. The lowest BCUT2D eigenvalue weighted by Crippen LogP contribution is -2.27. The van der Waals surface area contributed by atoms with Gasteiger partial charge in [-0.3, -0.25) is 4.79 Å². The zero-order chi connectivity index (χ0) is 19.8. The summed E-state index contributed by atoms with van der Waals surface area (Å²) < 4.78 is 11.1. The molecule has 3 rings (SSSR count). The van der Waals surface area contributed by atoms with Gasteiger partial charge in [0.25, 0.3) is 11.1 Å². The highest BCUT2D eigenvalue weighted by molar-refractivity contribution is 7.99. The highest BCUT2D eigenvalue weighted by Crippen LogP contribution is 2.18. The molecule has 1 amide bonds. The number of rotatable bonds is 9. The van der Waals surface area contributed by atoms with Crippen molar-refractivity contribution in [2.75, 3.05) is 12.3 Å². The number of amides is 1. The van der Waals surface area contributed by atoms with Crippen molar-refractivity contribution in [2.24, 2.45) is 0 Å². The predicted octanol–water partition coefficient (Wildman–Crippen LogP) is 3.72. The third-order valence-electron chi connectivity index (χ3n) is 4.10. The Morgan fingerprint density at radius 1 is 1.14 bits per heavy atom. The van der Waals surface area contributed by atoms with E-state index >= 15 is 0 Å². The highest BCUT2D eigenvalue weighted by atomic mass is 32.2. The number of thioether (sulfide) groups is 1. The fraction of sp³-hybridized carbons (Fsp3) is 0.286. The van der Waals surface area contributed by atoms with E-state index in [1.165, 1.54) is 22.9 Å². The quantitative estimate of drug-likeness (QED) is 0.555. The third kappa shape index (κ3) is 6.13. The molecule has 1 heterocycles. The molecule has 0 aliphatic rings. The van der Waals surface area contributed by atoms with Crippen molar-refractivity contribution in [3.8, 4) is 5.75 Å². The number of ether oxygens (including phenoxy) is 1. The van der Waals surface area contributed by atoms with Gasteiger partial charge in [-0.2, -0.15) is 0 Å². The van der Waals surface area contributed by atoms with Gasteiger partial charge in [0.2, 0.25) is 5.91 Å². The lowest BCUT2D eigenvalue weighted by Gasteiger charge is -2.06. The number of aromatic nitrogens is 2. The van der Waals surface area contributed by atoms with Crippen LogP contribution in [0.5, 0.6) is 5.75 Å². The van der Waals surface area contributed by atoms with Crippen LogP contribution in [0.3, 0.4) is 0 Å². The second-order valence-corrected chi connectivity index (χ2v) is 7.31. The molecule has 1 N–H and O–H groups in total. The van der Waals surface area contributed by atoms with Crippen LogP contribution < -0.4 is 10.1 Å². The van der Waals surface area contributed by atoms with Crippen molar-refractivity contribution in [3.05, 3.63) is 71.1 Å². The minimum absolute atomic E-state index is 0.0608. The van der Waals surface area contributed by atoms with Crippen LogP contribution in [0, 0.1) is 13.8 Å². The summed E-state index contributed by atoms with van der Waals surface area (Å²) in [5.41, 5.74) is 3.59. The van der Waals surface area contributed by atoms with E-state index in [9.17, 15) is 4.79 Å². The highest BCUT2D eigenvalue weighted by Gasteiger charge is 2.10. The van der Waals surface area contributed by atoms with Crippen molar-refractivity contribution in [3.63, 3.8) is 0 Å². The lowest BCUT2D eigenvalue weighted by molar-refractivity contribution is -0.118.